The van der Waals surface area contributed by atoms with Crippen molar-refractivity contribution in [3.63, 3.8) is 0 Å². The van der Waals surface area contributed by atoms with E-state index in [-0.39, 0.29) is 11.7 Å². The van der Waals surface area contributed by atoms with Gasteiger partial charge in [0.05, 0.1) is 5.70 Å². The molecule has 0 unspecified atom stereocenters. The summed E-state index contributed by atoms with van der Waals surface area (Å²) in [5.74, 6) is -0.374. The van der Waals surface area contributed by atoms with E-state index in [0.29, 0.717) is 16.8 Å². The summed E-state index contributed by atoms with van der Waals surface area (Å²) in [7, 11) is 0. The molecule has 0 radical (unpaired) electrons. The number of carbonyl (C=O) groups excluding carboxylic acids is 2. The molecule has 1 amide bonds. The highest BCUT2D eigenvalue weighted by molar-refractivity contribution is 7.11. The molecule has 0 spiro atoms. The number of thiophene rings is 1. The molecule has 1 heterocycles. The number of fused-ring (bicyclic) bond motifs is 1. The lowest BCUT2D eigenvalue weighted by molar-refractivity contribution is 0.0936. The van der Waals surface area contributed by atoms with Gasteiger partial charge >= 0.3 is 0 Å². The van der Waals surface area contributed by atoms with Crippen molar-refractivity contribution in [2.24, 2.45) is 0 Å². The highest BCUT2D eigenvalue weighted by atomic mass is 32.1. The van der Waals surface area contributed by atoms with Crippen molar-refractivity contribution >= 4 is 29.1 Å². The molecule has 0 saturated heterocycles. The second-order valence-electron chi connectivity index (χ2n) is 3.91. The molecular formula is C14H9NO2S. The first-order valence-corrected chi connectivity index (χ1v) is 6.34. The van der Waals surface area contributed by atoms with Gasteiger partial charge in [-0.1, -0.05) is 18.2 Å². The minimum atomic E-state index is -0.259. The fraction of sp³-hybridized carbons (Fsp3) is 0. The first kappa shape index (κ1) is 10.9. The number of carbonyl (C=O) groups is 2. The van der Waals surface area contributed by atoms with Crippen molar-refractivity contribution in [2.45, 2.75) is 0 Å². The second-order valence-corrected chi connectivity index (χ2v) is 4.85. The number of rotatable bonds is 2. The highest BCUT2D eigenvalue weighted by Gasteiger charge is 2.24. The molecule has 0 fully saturated rings. The maximum Gasteiger partial charge on any atom is 0.255 e. The van der Waals surface area contributed by atoms with Gasteiger partial charge in [-0.25, -0.2) is 0 Å². The topological polar surface area (TPSA) is 46.2 Å². The monoisotopic (exact) mass is 255 g/mol. The Hall–Kier alpha value is -2.20. The van der Waals surface area contributed by atoms with Crippen molar-refractivity contribution in [3.8, 4) is 0 Å². The van der Waals surface area contributed by atoms with Gasteiger partial charge in [0, 0.05) is 16.0 Å². The summed E-state index contributed by atoms with van der Waals surface area (Å²) in [6.07, 6.45) is 1.73. The Labute approximate surface area is 108 Å². The van der Waals surface area contributed by atoms with E-state index in [9.17, 15) is 9.59 Å². The van der Waals surface area contributed by atoms with Crippen molar-refractivity contribution < 1.29 is 9.59 Å². The van der Waals surface area contributed by atoms with E-state index in [1.165, 1.54) is 11.3 Å². The number of ketones is 1. The molecule has 1 aliphatic rings. The van der Waals surface area contributed by atoms with E-state index in [1.807, 2.05) is 11.4 Å². The number of nitrogens with one attached hydrogen (secondary N) is 1. The van der Waals surface area contributed by atoms with Crippen molar-refractivity contribution in [2.75, 3.05) is 0 Å². The summed E-state index contributed by atoms with van der Waals surface area (Å²) in [6.45, 7) is 0. The van der Waals surface area contributed by atoms with E-state index in [1.54, 1.807) is 36.4 Å². The van der Waals surface area contributed by atoms with Crippen molar-refractivity contribution in [1.82, 2.24) is 5.32 Å². The molecule has 3 nitrogen and oxygen atoms in total. The zero-order valence-corrected chi connectivity index (χ0v) is 10.2. The lowest BCUT2D eigenvalue weighted by atomic mass is 10.2. The van der Waals surface area contributed by atoms with Gasteiger partial charge in [-0.2, -0.15) is 0 Å². The minimum absolute atomic E-state index is 0.115. The van der Waals surface area contributed by atoms with Gasteiger partial charge in [0.25, 0.3) is 5.91 Å². The van der Waals surface area contributed by atoms with Gasteiger partial charge in [0.2, 0.25) is 5.78 Å². The molecule has 4 heteroatoms. The molecule has 1 aromatic carbocycles. The molecule has 1 aromatic heterocycles. The maximum atomic E-state index is 11.9. The van der Waals surface area contributed by atoms with Crippen LogP contribution in [0.1, 0.15) is 25.6 Å². The van der Waals surface area contributed by atoms with Crippen LogP contribution in [0.15, 0.2) is 47.5 Å². The van der Waals surface area contributed by atoms with Crippen LogP contribution in [-0.4, -0.2) is 11.7 Å². The van der Waals surface area contributed by atoms with Gasteiger partial charge in [-0.3, -0.25) is 9.59 Å². The highest BCUT2D eigenvalue weighted by Crippen LogP contribution is 2.28. The lowest BCUT2D eigenvalue weighted by Crippen LogP contribution is -2.25. The van der Waals surface area contributed by atoms with E-state index in [0.717, 1.165) is 4.88 Å². The third-order valence-electron chi connectivity index (χ3n) is 2.74. The SMILES string of the molecule is O=C(NC1=Cc2sccc2C1=O)c1ccccc1. The van der Waals surface area contributed by atoms with Crippen molar-refractivity contribution in [3.05, 3.63) is 63.5 Å². The van der Waals surface area contributed by atoms with Gasteiger partial charge in [0.15, 0.2) is 0 Å². The van der Waals surface area contributed by atoms with E-state index in [2.05, 4.69) is 5.32 Å². The number of hydrogen-bond acceptors (Lipinski definition) is 3. The van der Waals surface area contributed by atoms with Crippen LogP contribution in [0, 0.1) is 0 Å². The minimum Gasteiger partial charge on any atom is -0.319 e. The molecule has 0 saturated carbocycles. The number of amides is 1. The zero-order chi connectivity index (χ0) is 12.5. The Kier molecular flexibility index (Phi) is 2.57. The van der Waals surface area contributed by atoms with Crippen LogP contribution >= 0.6 is 11.3 Å². The Morgan fingerprint density at radius 2 is 1.89 bits per heavy atom. The zero-order valence-electron chi connectivity index (χ0n) is 9.34. The molecule has 0 bridgehead atoms. The first-order valence-electron chi connectivity index (χ1n) is 5.46. The average Bonchev–Trinajstić information content (AvgIpc) is 2.95. The van der Waals surface area contributed by atoms with E-state index < -0.39 is 0 Å². The Balaban J connectivity index is 1.82. The summed E-state index contributed by atoms with van der Waals surface area (Å²) in [5, 5.41) is 4.53. The number of benzene rings is 1. The summed E-state index contributed by atoms with van der Waals surface area (Å²) >= 11 is 1.49. The van der Waals surface area contributed by atoms with Gasteiger partial charge in [-0.15, -0.1) is 11.3 Å². The quantitative estimate of drug-likeness (QED) is 0.896. The van der Waals surface area contributed by atoms with Crippen LogP contribution in [0.3, 0.4) is 0 Å². The molecule has 1 N–H and O–H groups in total. The predicted molar refractivity (Wildman–Crippen MR) is 70.5 cm³/mol. The second kappa shape index (κ2) is 4.23. The van der Waals surface area contributed by atoms with Crippen LogP contribution in [0.4, 0.5) is 0 Å². The lowest BCUT2D eigenvalue weighted by Gasteiger charge is -2.04. The van der Waals surface area contributed by atoms with Crippen LogP contribution in [0.5, 0.6) is 0 Å². The molecule has 1 aliphatic carbocycles. The molecule has 0 aliphatic heterocycles. The third-order valence-corrected chi connectivity index (χ3v) is 3.61. The van der Waals surface area contributed by atoms with Gasteiger partial charge in [-0.05, 0) is 29.7 Å². The Bertz CT molecular complexity index is 655. The fourth-order valence-electron chi connectivity index (χ4n) is 1.84. The average molecular weight is 255 g/mol. The summed E-state index contributed by atoms with van der Waals surface area (Å²) in [4.78, 5) is 24.8. The van der Waals surface area contributed by atoms with E-state index in [4.69, 9.17) is 0 Å². The Morgan fingerprint density at radius 3 is 2.61 bits per heavy atom. The van der Waals surface area contributed by atoms with Gasteiger partial charge in [0.1, 0.15) is 0 Å². The van der Waals surface area contributed by atoms with E-state index >= 15 is 0 Å². The number of Topliss-reactive ketones (excluding diaryl/α,β-unsaturated/α-hetero) is 1. The summed E-state index contributed by atoms with van der Waals surface area (Å²) in [6, 6.07) is 10.6. The molecule has 88 valence electrons. The first-order chi connectivity index (χ1) is 8.75. The fourth-order valence-corrected chi connectivity index (χ4v) is 2.66. The summed E-state index contributed by atoms with van der Waals surface area (Å²) < 4.78 is 0. The van der Waals surface area contributed by atoms with Crippen LogP contribution in [-0.2, 0) is 0 Å². The van der Waals surface area contributed by atoms with Crippen LogP contribution < -0.4 is 5.32 Å². The Morgan fingerprint density at radius 1 is 1.11 bits per heavy atom. The summed E-state index contributed by atoms with van der Waals surface area (Å²) in [5.41, 5.74) is 1.57. The maximum absolute atomic E-state index is 11.9. The van der Waals surface area contributed by atoms with Crippen LogP contribution in [0.2, 0.25) is 0 Å². The standard InChI is InChI=1S/C14H9NO2S/c16-13-10-6-7-18-12(10)8-11(13)15-14(17)9-4-2-1-3-5-9/h1-8H,(H,15,16,17). The normalized spacial score (nSPS) is 13.1. The largest absolute Gasteiger partial charge is 0.319 e. The van der Waals surface area contributed by atoms with Crippen molar-refractivity contribution in [1.29, 1.82) is 0 Å². The van der Waals surface area contributed by atoms with Crippen LogP contribution in [0.25, 0.3) is 6.08 Å². The molecular weight excluding hydrogens is 246 g/mol. The number of allylic oxidation sites excluding steroid dienone is 1. The third kappa shape index (κ3) is 1.76. The predicted octanol–water partition coefficient (Wildman–Crippen LogP) is 2.72. The smallest absolute Gasteiger partial charge is 0.255 e. The molecule has 18 heavy (non-hydrogen) atoms. The number of hydrogen-bond donors (Lipinski definition) is 1. The van der Waals surface area contributed by atoms with Gasteiger partial charge < -0.3 is 5.32 Å². The molecule has 0 atom stereocenters. The molecule has 3 rings (SSSR count). The molecule has 2 aromatic rings.